The summed E-state index contributed by atoms with van der Waals surface area (Å²) >= 11 is 0. The topological polar surface area (TPSA) is 38.1 Å². The highest BCUT2D eigenvalue weighted by molar-refractivity contribution is 5.99. The van der Waals surface area contributed by atoms with Crippen molar-refractivity contribution < 1.29 is 0 Å². The van der Waals surface area contributed by atoms with Gasteiger partial charge < -0.3 is 0 Å². The fourth-order valence-electron chi connectivity index (χ4n) is 3.17. The molecule has 164 valence electrons. The zero-order valence-corrected chi connectivity index (χ0v) is 19.8. The molecule has 0 amide bonds. The third-order valence-corrected chi connectivity index (χ3v) is 5.12. The largest absolute Gasteiger partial charge is 0.233 e. The third kappa shape index (κ3) is 6.72. The molecule has 0 aliphatic carbocycles. The molecule has 0 fully saturated rings. The van der Waals surface area contributed by atoms with Gasteiger partial charge in [0, 0.05) is 29.1 Å². The normalized spacial score (nSPS) is 10.6. The highest BCUT2D eigenvalue weighted by atomic mass is 14.9. The zero-order chi connectivity index (χ0) is 23.6. The van der Waals surface area contributed by atoms with Crippen LogP contribution in [-0.4, -0.2) is 15.7 Å². The maximum Gasteiger partial charge on any atom is 0.160 e. The molecule has 0 spiro atoms. The van der Waals surface area contributed by atoms with Crippen molar-refractivity contribution in [3.8, 4) is 23.4 Å². The number of fused-ring (bicyclic) bond motifs is 1. The van der Waals surface area contributed by atoms with Gasteiger partial charge in [-0.2, -0.15) is 0 Å². The summed E-state index contributed by atoms with van der Waals surface area (Å²) in [5.41, 5.74) is 7.66. The minimum absolute atomic E-state index is 0.685. The maximum absolute atomic E-state index is 4.62. The molecule has 3 nitrogen and oxygen atoms in total. The van der Waals surface area contributed by atoms with Crippen LogP contribution in [-0.2, 0) is 0 Å². The SMILES string of the molecule is C=CCC#CN=C(C)c1ccc(C)cc1.Cc1ccc(-c2nc(C)c3ccccc3n2)cc1. The van der Waals surface area contributed by atoms with E-state index in [1.165, 1.54) is 11.1 Å². The number of aryl methyl sites for hydroxylation is 3. The molecular weight excluding hydrogens is 402 g/mol. The summed E-state index contributed by atoms with van der Waals surface area (Å²) in [6, 6.07) is 27.5. The third-order valence-electron chi connectivity index (χ3n) is 5.12. The molecule has 3 aromatic carbocycles. The fraction of sp³-hybridized carbons (Fsp3) is 0.167. The number of hydrogen-bond donors (Lipinski definition) is 0. The Hall–Kier alpha value is -4.03. The molecule has 4 rings (SSSR count). The van der Waals surface area contributed by atoms with Crippen molar-refractivity contribution in [2.75, 3.05) is 0 Å². The van der Waals surface area contributed by atoms with E-state index in [1.807, 2.05) is 32.0 Å². The van der Waals surface area contributed by atoms with Crippen molar-refractivity contribution in [2.45, 2.75) is 34.1 Å². The van der Waals surface area contributed by atoms with Crippen molar-refractivity contribution in [1.29, 1.82) is 0 Å². The van der Waals surface area contributed by atoms with Gasteiger partial charge in [0.1, 0.15) is 0 Å². The van der Waals surface area contributed by atoms with Crippen molar-refractivity contribution in [2.24, 2.45) is 4.99 Å². The standard InChI is InChI=1S/C16H14N2.C14H15N/c1-11-7-9-13(10-8-11)16-17-12(2)14-5-3-4-6-15(14)18-16;1-4-5-6-11-15-13(3)14-9-7-12(2)8-10-14/h3-10H,1-2H3;4,7-10H,1,5H2,2-3H3. The van der Waals surface area contributed by atoms with E-state index in [0.29, 0.717) is 6.42 Å². The van der Waals surface area contributed by atoms with Gasteiger partial charge in [0.25, 0.3) is 0 Å². The van der Waals surface area contributed by atoms with Crippen molar-refractivity contribution >= 4 is 16.6 Å². The summed E-state index contributed by atoms with van der Waals surface area (Å²) in [7, 11) is 0. The van der Waals surface area contributed by atoms with Crippen LogP contribution in [0.15, 0.2) is 90.4 Å². The highest BCUT2D eigenvalue weighted by Crippen LogP contribution is 2.21. The van der Waals surface area contributed by atoms with Gasteiger partial charge in [-0.05, 0) is 39.3 Å². The molecule has 0 aliphatic heterocycles. The van der Waals surface area contributed by atoms with Gasteiger partial charge in [-0.25, -0.2) is 15.0 Å². The van der Waals surface area contributed by atoms with E-state index in [4.69, 9.17) is 0 Å². The van der Waals surface area contributed by atoms with Crippen molar-refractivity contribution in [3.05, 3.63) is 108 Å². The average molecular weight is 432 g/mol. The first-order valence-electron chi connectivity index (χ1n) is 11.0. The smallest absolute Gasteiger partial charge is 0.160 e. The predicted octanol–water partition coefficient (Wildman–Crippen LogP) is 7.25. The van der Waals surface area contributed by atoms with Crippen LogP contribution >= 0.6 is 0 Å². The highest BCUT2D eigenvalue weighted by Gasteiger charge is 2.05. The van der Waals surface area contributed by atoms with Crippen LogP contribution in [0.3, 0.4) is 0 Å². The van der Waals surface area contributed by atoms with Gasteiger partial charge in [-0.3, -0.25) is 0 Å². The molecule has 0 atom stereocenters. The van der Waals surface area contributed by atoms with E-state index in [9.17, 15) is 0 Å². The summed E-state index contributed by atoms with van der Waals surface area (Å²) in [4.78, 5) is 13.4. The van der Waals surface area contributed by atoms with Crippen LogP contribution in [0.25, 0.3) is 22.3 Å². The van der Waals surface area contributed by atoms with Crippen LogP contribution in [0.4, 0.5) is 0 Å². The predicted molar refractivity (Wildman–Crippen MR) is 140 cm³/mol. The molecule has 0 aliphatic rings. The van der Waals surface area contributed by atoms with Gasteiger partial charge >= 0.3 is 0 Å². The molecule has 0 N–H and O–H groups in total. The Bertz CT molecular complexity index is 1320. The lowest BCUT2D eigenvalue weighted by Gasteiger charge is -2.05. The molecule has 3 heteroatoms. The van der Waals surface area contributed by atoms with Crippen LogP contribution in [0.5, 0.6) is 0 Å². The summed E-state index contributed by atoms with van der Waals surface area (Å²) in [5, 5.41) is 1.12. The lowest BCUT2D eigenvalue weighted by atomic mass is 10.1. The number of nitrogens with zero attached hydrogens (tertiary/aromatic N) is 3. The molecule has 1 heterocycles. The van der Waals surface area contributed by atoms with Gasteiger partial charge in [-0.1, -0.05) is 89.9 Å². The molecule has 33 heavy (non-hydrogen) atoms. The van der Waals surface area contributed by atoms with E-state index in [1.54, 1.807) is 6.08 Å². The van der Waals surface area contributed by atoms with E-state index < -0.39 is 0 Å². The Morgan fingerprint density at radius 2 is 1.52 bits per heavy atom. The van der Waals surface area contributed by atoms with Crippen LogP contribution < -0.4 is 0 Å². The summed E-state index contributed by atoms with van der Waals surface area (Å²) < 4.78 is 0. The van der Waals surface area contributed by atoms with E-state index in [-0.39, 0.29) is 0 Å². The summed E-state index contributed by atoms with van der Waals surface area (Å²) in [6.45, 7) is 11.7. The van der Waals surface area contributed by atoms with Crippen LogP contribution in [0.2, 0.25) is 0 Å². The van der Waals surface area contributed by atoms with Crippen molar-refractivity contribution in [3.63, 3.8) is 0 Å². The number of aromatic nitrogens is 2. The number of rotatable bonds is 3. The minimum atomic E-state index is 0.685. The molecule has 0 radical (unpaired) electrons. The number of allylic oxidation sites excluding steroid dienone is 1. The van der Waals surface area contributed by atoms with Gasteiger partial charge in [0.2, 0.25) is 0 Å². The maximum atomic E-state index is 4.62. The number of aliphatic imine (C=N–C) groups is 1. The average Bonchev–Trinajstić information content (AvgIpc) is 2.83. The first kappa shape index (κ1) is 23.6. The lowest BCUT2D eigenvalue weighted by molar-refractivity contribution is 1.16. The van der Waals surface area contributed by atoms with Gasteiger partial charge in [0.15, 0.2) is 5.82 Å². The lowest BCUT2D eigenvalue weighted by Crippen LogP contribution is -1.94. The Morgan fingerprint density at radius 3 is 2.18 bits per heavy atom. The molecule has 0 unspecified atom stereocenters. The Morgan fingerprint density at radius 1 is 0.879 bits per heavy atom. The molecule has 1 aromatic heterocycles. The second-order valence-corrected chi connectivity index (χ2v) is 7.86. The van der Waals surface area contributed by atoms with Crippen LogP contribution in [0.1, 0.15) is 35.7 Å². The van der Waals surface area contributed by atoms with Crippen LogP contribution in [0, 0.1) is 32.7 Å². The van der Waals surface area contributed by atoms with Gasteiger partial charge in [-0.15, -0.1) is 6.58 Å². The van der Waals surface area contributed by atoms with E-state index in [2.05, 4.69) is 102 Å². The summed E-state index contributed by atoms with van der Waals surface area (Å²) in [5.74, 6) is 3.69. The zero-order valence-electron chi connectivity index (χ0n) is 19.8. The minimum Gasteiger partial charge on any atom is -0.233 e. The van der Waals surface area contributed by atoms with Gasteiger partial charge in [0.05, 0.1) is 11.2 Å². The second kappa shape index (κ2) is 11.5. The quantitative estimate of drug-likeness (QED) is 0.195. The first-order chi connectivity index (χ1) is 16.0. The molecule has 0 saturated heterocycles. The first-order valence-corrected chi connectivity index (χ1v) is 11.0. The Kier molecular flexibility index (Phi) is 8.27. The second-order valence-electron chi connectivity index (χ2n) is 7.86. The Labute approximate surface area is 197 Å². The van der Waals surface area contributed by atoms with E-state index >= 15 is 0 Å². The van der Waals surface area contributed by atoms with E-state index in [0.717, 1.165) is 39.3 Å². The number of benzene rings is 3. The molecular formula is C30H29N3. The van der Waals surface area contributed by atoms with Crippen molar-refractivity contribution in [1.82, 2.24) is 9.97 Å². The number of para-hydroxylation sites is 1. The number of hydrogen-bond acceptors (Lipinski definition) is 3. The summed E-state index contributed by atoms with van der Waals surface area (Å²) in [6.07, 6.45) is 2.45. The molecule has 0 saturated carbocycles. The fourth-order valence-corrected chi connectivity index (χ4v) is 3.17. The molecule has 0 bridgehead atoms. The Balaban J connectivity index is 0.000000190. The molecule has 4 aromatic rings. The monoisotopic (exact) mass is 431 g/mol.